The lowest BCUT2D eigenvalue weighted by atomic mass is 10.2. The highest BCUT2D eigenvalue weighted by atomic mass is 32.1. The Morgan fingerprint density at radius 3 is 2.64 bits per heavy atom. The van der Waals surface area contributed by atoms with E-state index in [2.05, 4.69) is 20.4 Å². The molecule has 1 aromatic carbocycles. The molecule has 1 aromatic heterocycles. The molecule has 9 heteroatoms. The summed E-state index contributed by atoms with van der Waals surface area (Å²) in [7, 11) is 0. The quantitative estimate of drug-likeness (QED) is 0.814. The van der Waals surface area contributed by atoms with Crippen LogP contribution < -0.4 is 15.4 Å². The number of rotatable bonds is 3. The van der Waals surface area contributed by atoms with Gasteiger partial charge >= 0.3 is 6.36 Å². The van der Waals surface area contributed by atoms with Crippen LogP contribution in [0.5, 0.6) is 5.75 Å². The van der Waals surface area contributed by atoms with Gasteiger partial charge in [0, 0.05) is 12.1 Å². The Morgan fingerprint density at radius 1 is 1.36 bits per heavy atom. The number of nitrogens with one attached hydrogen (secondary N) is 2. The van der Waals surface area contributed by atoms with Gasteiger partial charge in [0.05, 0.1) is 10.2 Å². The molecule has 0 saturated heterocycles. The van der Waals surface area contributed by atoms with Gasteiger partial charge in [-0.2, -0.15) is 0 Å². The summed E-state index contributed by atoms with van der Waals surface area (Å²) < 4.78 is 41.4. The van der Waals surface area contributed by atoms with E-state index in [4.69, 9.17) is 12.2 Å². The molecule has 0 aliphatic carbocycles. The van der Waals surface area contributed by atoms with E-state index in [0.717, 1.165) is 0 Å². The molecule has 2 rings (SSSR count). The number of hydrogen-bond acceptors (Lipinski definition) is 4. The fraction of sp³-hybridized carbons (Fsp3) is 0.385. The van der Waals surface area contributed by atoms with Gasteiger partial charge in [-0.25, -0.2) is 4.98 Å². The maximum absolute atomic E-state index is 12.3. The molecular weight excluding hydrogens is 335 g/mol. The summed E-state index contributed by atoms with van der Waals surface area (Å²) in [4.78, 5) is 4.34. The van der Waals surface area contributed by atoms with Crippen LogP contribution in [0.15, 0.2) is 12.1 Å². The zero-order valence-electron chi connectivity index (χ0n) is 12.0. The predicted molar refractivity (Wildman–Crippen MR) is 85.5 cm³/mol. The summed E-state index contributed by atoms with van der Waals surface area (Å²) in [6, 6.07) is 2.80. The Bertz CT molecular complexity index is 698. The van der Waals surface area contributed by atoms with Crippen molar-refractivity contribution in [2.24, 2.45) is 0 Å². The second kappa shape index (κ2) is 6.25. The van der Waals surface area contributed by atoms with Gasteiger partial charge in [0.25, 0.3) is 0 Å². The van der Waals surface area contributed by atoms with Crippen molar-refractivity contribution >= 4 is 44.0 Å². The second-order valence-corrected chi connectivity index (χ2v) is 6.35. The summed E-state index contributed by atoms with van der Waals surface area (Å²) >= 11 is 6.33. The van der Waals surface area contributed by atoms with Crippen molar-refractivity contribution in [3.63, 3.8) is 0 Å². The Balaban J connectivity index is 2.26. The van der Waals surface area contributed by atoms with Crippen molar-refractivity contribution in [2.75, 3.05) is 5.32 Å². The third kappa shape index (κ3) is 4.44. The van der Waals surface area contributed by atoms with Crippen LogP contribution in [-0.2, 0) is 0 Å². The van der Waals surface area contributed by atoms with E-state index in [0.29, 0.717) is 26.0 Å². The summed E-state index contributed by atoms with van der Waals surface area (Å²) in [6.07, 6.45) is -4.71. The molecule has 0 aliphatic heterocycles. The lowest BCUT2D eigenvalue weighted by molar-refractivity contribution is -0.274. The van der Waals surface area contributed by atoms with Crippen LogP contribution in [0.2, 0.25) is 0 Å². The minimum Gasteiger partial charge on any atom is -0.406 e. The van der Waals surface area contributed by atoms with Crippen molar-refractivity contribution in [1.82, 2.24) is 10.3 Å². The average molecular weight is 349 g/mol. The Kier molecular flexibility index (Phi) is 4.76. The van der Waals surface area contributed by atoms with E-state index in [1.54, 1.807) is 6.92 Å². The number of thiazole rings is 1. The summed E-state index contributed by atoms with van der Waals surface area (Å²) in [5, 5.41) is 6.86. The first-order valence-corrected chi connectivity index (χ1v) is 7.61. The molecule has 22 heavy (non-hydrogen) atoms. The van der Waals surface area contributed by atoms with E-state index < -0.39 is 6.36 Å². The number of aromatic nitrogens is 1. The molecule has 0 unspecified atom stereocenters. The topological polar surface area (TPSA) is 46.2 Å². The summed E-state index contributed by atoms with van der Waals surface area (Å²) in [5.41, 5.74) is 1.22. The van der Waals surface area contributed by atoms with Gasteiger partial charge < -0.3 is 15.4 Å². The van der Waals surface area contributed by atoms with E-state index >= 15 is 0 Å². The van der Waals surface area contributed by atoms with Crippen molar-refractivity contribution in [1.29, 1.82) is 0 Å². The van der Waals surface area contributed by atoms with E-state index in [1.807, 2.05) is 13.8 Å². The Morgan fingerprint density at radius 2 is 2.05 bits per heavy atom. The monoisotopic (exact) mass is 349 g/mol. The number of aryl methyl sites for hydroxylation is 1. The lowest BCUT2D eigenvalue weighted by Gasteiger charge is -2.10. The number of ether oxygens (including phenoxy) is 1. The molecule has 0 bridgehead atoms. The normalized spacial score (nSPS) is 11.8. The van der Waals surface area contributed by atoms with Gasteiger partial charge in [-0.05, 0) is 44.6 Å². The van der Waals surface area contributed by atoms with Gasteiger partial charge in [-0.3, -0.25) is 0 Å². The molecule has 0 fully saturated rings. The molecule has 0 amide bonds. The third-order valence-corrected chi connectivity index (χ3v) is 3.67. The van der Waals surface area contributed by atoms with Crippen molar-refractivity contribution in [3.05, 3.63) is 17.7 Å². The highest BCUT2D eigenvalue weighted by Gasteiger charge is 2.31. The minimum absolute atomic E-state index is 0.169. The number of alkyl halides is 3. The number of nitrogens with zero attached hydrogens (tertiary/aromatic N) is 1. The van der Waals surface area contributed by atoms with E-state index in [-0.39, 0.29) is 11.8 Å². The number of hydrogen-bond donors (Lipinski definition) is 2. The zero-order valence-corrected chi connectivity index (χ0v) is 13.7. The maximum atomic E-state index is 12.3. The molecule has 0 saturated carbocycles. The fourth-order valence-electron chi connectivity index (χ4n) is 1.81. The first-order chi connectivity index (χ1) is 10.1. The highest BCUT2D eigenvalue weighted by Crippen LogP contribution is 2.33. The van der Waals surface area contributed by atoms with Crippen LogP contribution in [0.25, 0.3) is 10.2 Å². The van der Waals surface area contributed by atoms with Crippen LogP contribution in [0.1, 0.15) is 19.4 Å². The summed E-state index contributed by atoms with van der Waals surface area (Å²) in [5.74, 6) is -0.254. The Labute approximate surface area is 134 Å². The highest BCUT2D eigenvalue weighted by molar-refractivity contribution is 7.80. The van der Waals surface area contributed by atoms with Gasteiger partial charge in [0.1, 0.15) is 5.75 Å². The van der Waals surface area contributed by atoms with Crippen molar-refractivity contribution < 1.29 is 17.9 Å². The zero-order chi connectivity index (χ0) is 16.5. The molecular formula is C13H14F3N3OS2. The van der Waals surface area contributed by atoms with Gasteiger partial charge in [0.15, 0.2) is 10.2 Å². The lowest BCUT2D eigenvalue weighted by Crippen LogP contribution is -2.33. The van der Waals surface area contributed by atoms with Crippen LogP contribution in [0.4, 0.5) is 18.3 Å². The van der Waals surface area contributed by atoms with Crippen LogP contribution in [0.3, 0.4) is 0 Å². The van der Waals surface area contributed by atoms with Crippen LogP contribution in [0, 0.1) is 6.92 Å². The van der Waals surface area contributed by atoms with Crippen molar-refractivity contribution in [2.45, 2.75) is 33.2 Å². The van der Waals surface area contributed by atoms with Gasteiger partial charge in [-0.15, -0.1) is 13.2 Å². The first kappa shape index (κ1) is 16.8. The predicted octanol–water partition coefficient (Wildman–Crippen LogP) is 4.20. The molecule has 1 heterocycles. The summed E-state index contributed by atoms with van der Waals surface area (Å²) in [6.45, 7) is 5.56. The third-order valence-electron chi connectivity index (χ3n) is 2.53. The number of fused-ring (bicyclic) bond motifs is 1. The second-order valence-electron chi connectivity index (χ2n) is 4.91. The fourth-order valence-corrected chi connectivity index (χ4v) is 3.18. The van der Waals surface area contributed by atoms with Crippen molar-refractivity contribution in [3.8, 4) is 5.75 Å². The molecule has 2 aromatic rings. The number of benzene rings is 1. The number of halogens is 3. The average Bonchev–Trinajstić information content (AvgIpc) is 2.68. The van der Waals surface area contributed by atoms with Gasteiger partial charge in [-0.1, -0.05) is 11.3 Å². The molecule has 2 N–H and O–H groups in total. The van der Waals surface area contributed by atoms with Crippen LogP contribution in [-0.4, -0.2) is 22.5 Å². The number of thiocarbonyl (C=S) groups is 1. The SMILES string of the molecule is Cc1cc(OC(F)(F)F)cc2sc(NC(=S)NC(C)C)nc12. The Hall–Kier alpha value is -1.61. The maximum Gasteiger partial charge on any atom is 0.573 e. The molecule has 0 atom stereocenters. The largest absolute Gasteiger partial charge is 0.573 e. The van der Waals surface area contributed by atoms with Crippen LogP contribution >= 0.6 is 23.6 Å². The molecule has 4 nitrogen and oxygen atoms in total. The minimum atomic E-state index is -4.71. The molecule has 120 valence electrons. The molecule has 0 radical (unpaired) electrons. The number of anilines is 1. The van der Waals surface area contributed by atoms with Gasteiger partial charge in [0.2, 0.25) is 0 Å². The standard InChI is InChI=1S/C13H14F3N3OS2/c1-6(2)17-11(21)19-12-18-10-7(3)4-8(5-9(10)22-12)20-13(14,15)16/h4-6H,1-3H3,(H2,17,18,19,21). The first-order valence-electron chi connectivity index (χ1n) is 6.38. The van der Waals surface area contributed by atoms with E-state index in [9.17, 15) is 13.2 Å². The molecule has 0 spiro atoms. The van der Waals surface area contributed by atoms with E-state index in [1.165, 1.54) is 23.5 Å². The smallest absolute Gasteiger partial charge is 0.406 e. The molecule has 0 aliphatic rings.